The Hall–Kier alpha value is -2.48. The molecule has 0 aliphatic heterocycles. The van der Waals surface area contributed by atoms with E-state index in [1.807, 2.05) is 25.9 Å². The maximum Gasteiger partial charge on any atom is 0.252 e. The fourth-order valence-electron chi connectivity index (χ4n) is 3.18. The van der Waals surface area contributed by atoms with Crippen LogP contribution in [0.2, 0.25) is 0 Å². The Bertz CT molecular complexity index is 684. The third-order valence-corrected chi connectivity index (χ3v) is 5.02. The van der Waals surface area contributed by atoms with Crippen LogP contribution in [-0.4, -0.2) is 70.8 Å². The summed E-state index contributed by atoms with van der Waals surface area (Å²) < 4.78 is 16.8. The third-order valence-electron chi connectivity index (χ3n) is 5.02. The smallest absolute Gasteiger partial charge is 0.252 e. The predicted octanol–water partition coefficient (Wildman–Crippen LogP) is 3.24. The van der Waals surface area contributed by atoms with Crippen LogP contribution in [0.15, 0.2) is 12.1 Å². The van der Waals surface area contributed by atoms with E-state index in [0.717, 1.165) is 32.2 Å². The van der Waals surface area contributed by atoms with Crippen molar-refractivity contribution in [3.8, 4) is 17.2 Å². The minimum atomic E-state index is -0.610. The van der Waals surface area contributed by atoms with Gasteiger partial charge in [0.1, 0.15) is 6.04 Å². The fourth-order valence-corrected chi connectivity index (χ4v) is 3.18. The number of amides is 2. The molecule has 8 nitrogen and oxygen atoms in total. The highest BCUT2D eigenvalue weighted by Crippen LogP contribution is 2.38. The number of nitrogens with zero attached hydrogens (tertiary/aromatic N) is 1. The topological polar surface area (TPSA) is 89.1 Å². The van der Waals surface area contributed by atoms with Crippen LogP contribution in [-0.2, 0) is 4.79 Å². The molecule has 8 heteroatoms. The summed E-state index contributed by atoms with van der Waals surface area (Å²) in [4.78, 5) is 27.5. The van der Waals surface area contributed by atoms with Crippen molar-refractivity contribution in [1.29, 1.82) is 0 Å². The van der Waals surface area contributed by atoms with Crippen LogP contribution < -0.4 is 24.8 Å². The molecule has 32 heavy (non-hydrogen) atoms. The molecule has 182 valence electrons. The van der Waals surface area contributed by atoms with E-state index in [4.69, 9.17) is 14.2 Å². The van der Waals surface area contributed by atoms with E-state index in [0.29, 0.717) is 42.4 Å². The number of methoxy groups -OCH3 is 2. The van der Waals surface area contributed by atoms with Gasteiger partial charge >= 0.3 is 0 Å². The number of carbonyl (C=O) groups is 2. The molecule has 2 N–H and O–H groups in total. The lowest BCUT2D eigenvalue weighted by Gasteiger charge is -2.20. The zero-order valence-corrected chi connectivity index (χ0v) is 20.6. The lowest BCUT2D eigenvalue weighted by molar-refractivity contribution is -0.123. The van der Waals surface area contributed by atoms with Gasteiger partial charge < -0.3 is 29.7 Å². The Labute approximate surface area is 193 Å². The number of ether oxygens (including phenoxy) is 3. The molecule has 1 aromatic rings. The molecule has 0 fully saturated rings. The van der Waals surface area contributed by atoms with E-state index in [-0.39, 0.29) is 11.8 Å². The van der Waals surface area contributed by atoms with Gasteiger partial charge in [-0.15, -0.1) is 0 Å². The normalized spacial score (nSPS) is 11.7. The summed E-state index contributed by atoms with van der Waals surface area (Å²) in [6, 6.07) is 2.62. The molecule has 0 unspecified atom stereocenters. The Kier molecular flexibility index (Phi) is 13.2. The first kappa shape index (κ1) is 27.6. The van der Waals surface area contributed by atoms with Crippen molar-refractivity contribution in [3.63, 3.8) is 0 Å². The summed E-state index contributed by atoms with van der Waals surface area (Å²) in [5, 5.41) is 5.73. The van der Waals surface area contributed by atoms with Crippen LogP contribution in [0.1, 0.15) is 62.7 Å². The first-order valence-corrected chi connectivity index (χ1v) is 11.5. The first-order valence-electron chi connectivity index (χ1n) is 11.5. The molecule has 2 amide bonds. The number of carbonyl (C=O) groups excluding carboxylic acids is 2. The molecule has 1 aromatic carbocycles. The van der Waals surface area contributed by atoms with Crippen LogP contribution >= 0.6 is 0 Å². The summed E-state index contributed by atoms with van der Waals surface area (Å²) in [5.41, 5.74) is 0.347. The largest absolute Gasteiger partial charge is 0.493 e. The van der Waals surface area contributed by atoms with Gasteiger partial charge in [-0.25, -0.2) is 0 Å². The monoisotopic (exact) mass is 451 g/mol. The van der Waals surface area contributed by atoms with Gasteiger partial charge in [-0.1, -0.05) is 39.5 Å². The van der Waals surface area contributed by atoms with Gasteiger partial charge in [0.2, 0.25) is 11.7 Å². The second-order valence-corrected chi connectivity index (χ2v) is 8.03. The quantitative estimate of drug-likeness (QED) is 0.375. The van der Waals surface area contributed by atoms with Crippen LogP contribution in [0.3, 0.4) is 0 Å². The summed E-state index contributed by atoms with van der Waals surface area (Å²) in [7, 11) is 6.94. The van der Waals surface area contributed by atoms with E-state index in [1.54, 1.807) is 12.1 Å². The number of benzene rings is 1. The SMILES string of the molecule is CCCCCCOc1c(OC)cc(C(=O)N[C@@H](CCC)C(=O)NCCN(C)C)cc1OC. The van der Waals surface area contributed by atoms with Gasteiger partial charge in [0.05, 0.1) is 20.8 Å². The number of hydrogen-bond donors (Lipinski definition) is 2. The average Bonchev–Trinajstić information content (AvgIpc) is 2.77. The molecule has 0 aliphatic rings. The highest BCUT2D eigenvalue weighted by Gasteiger charge is 2.23. The molecule has 0 aromatic heterocycles. The van der Waals surface area contributed by atoms with Crippen molar-refractivity contribution in [2.24, 2.45) is 0 Å². The molecule has 0 heterocycles. The second-order valence-electron chi connectivity index (χ2n) is 8.03. The number of hydrogen-bond acceptors (Lipinski definition) is 6. The molecular weight excluding hydrogens is 410 g/mol. The van der Waals surface area contributed by atoms with Crippen LogP contribution in [0.5, 0.6) is 17.2 Å². The predicted molar refractivity (Wildman–Crippen MR) is 127 cm³/mol. The Morgan fingerprint density at radius 3 is 2.19 bits per heavy atom. The van der Waals surface area contributed by atoms with Gasteiger partial charge in [0, 0.05) is 18.7 Å². The van der Waals surface area contributed by atoms with Crippen molar-refractivity contribution in [1.82, 2.24) is 15.5 Å². The summed E-state index contributed by atoms with van der Waals surface area (Å²) in [5.74, 6) is 0.778. The van der Waals surface area contributed by atoms with E-state index in [1.165, 1.54) is 20.6 Å². The lowest BCUT2D eigenvalue weighted by Crippen LogP contribution is -2.47. The average molecular weight is 452 g/mol. The Morgan fingerprint density at radius 1 is 1.00 bits per heavy atom. The highest BCUT2D eigenvalue weighted by atomic mass is 16.5. The van der Waals surface area contributed by atoms with Crippen molar-refractivity contribution < 1.29 is 23.8 Å². The van der Waals surface area contributed by atoms with Crippen LogP contribution in [0.4, 0.5) is 0 Å². The molecule has 0 spiro atoms. The van der Waals surface area contributed by atoms with E-state index in [9.17, 15) is 9.59 Å². The maximum atomic E-state index is 12.9. The highest BCUT2D eigenvalue weighted by molar-refractivity contribution is 5.98. The number of likely N-dealkylation sites (N-methyl/N-ethyl adjacent to an activating group) is 1. The van der Waals surface area contributed by atoms with Crippen molar-refractivity contribution in [3.05, 3.63) is 17.7 Å². The lowest BCUT2D eigenvalue weighted by atomic mass is 10.1. The van der Waals surface area contributed by atoms with Crippen LogP contribution in [0, 0.1) is 0 Å². The summed E-state index contributed by atoms with van der Waals surface area (Å²) in [6.07, 6.45) is 5.67. The number of nitrogens with one attached hydrogen (secondary N) is 2. The molecule has 0 saturated heterocycles. The number of unbranched alkanes of at least 4 members (excludes halogenated alkanes) is 3. The van der Waals surface area contributed by atoms with Gasteiger partial charge in [-0.2, -0.15) is 0 Å². The Morgan fingerprint density at radius 2 is 1.66 bits per heavy atom. The third kappa shape index (κ3) is 9.34. The maximum absolute atomic E-state index is 12.9. The van der Waals surface area contributed by atoms with Crippen molar-refractivity contribution >= 4 is 11.8 Å². The molecule has 0 saturated carbocycles. The number of rotatable bonds is 16. The molecule has 0 aliphatic carbocycles. The Balaban J connectivity index is 2.92. The van der Waals surface area contributed by atoms with E-state index < -0.39 is 6.04 Å². The minimum absolute atomic E-state index is 0.187. The van der Waals surface area contributed by atoms with Crippen LogP contribution in [0.25, 0.3) is 0 Å². The minimum Gasteiger partial charge on any atom is -0.493 e. The summed E-state index contributed by atoms with van der Waals surface area (Å²) in [6.45, 7) is 5.94. The van der Waals surface area contributed by atoms with Crippen molar-refractivity contribution in [2.45, 2.75) is 58.4 Å². The first-order chi connectivity index (χ1) is 15.4. The van der Waals surface area contributed by atoms with Crippen molar-refractivity contribution in [2.75, 3.05) is 48.0 Å². The summed E-state index contributed by atoms with van der Waals surface area (Å²) >= 11 is 0. The zero-order chi connectivity index (χ0) is 23.9. The molecule has 0 bridgehead atoms. The molecule has 1 atom stereocenters. The van der Waals surface area contributed by atoms with Gasteiger partial charge in [0.25, 0.3) is 5.91 Å². The van der Waals surface area contributed by atoms with Gasteiger partial charge in [-0.05, 0) is 39.1 Å². The van der Waals surface area contributed by atoms with Gasteiger partial charge in [-0.3, -0.25) is 9.59 Å². The van der Waals surface area contributed by atoms with E-state index in [2.05, 4.69) is 17.6 Å². The molecule has 0 radical (unpaired) electrons. The second kappa shape index (κ2) is 15.3. The van der Waals surface area contributed by atoms with Gasteiger partial charge in [0.15, 0.2) is 11.5 Å². The molecular formula is C24H41N3O5. The standard InChI is InChI=1S/C24H41N3O5/c1-7-9-10-11-15-32-22-20(30-5)16-18(17-21(22)31-6)23(28)26-19(12-8-2)24(29)25-13-14-27(3)4/h16-17,19H,7-15H2,1-6H3,(H,25,29)(H,26,28)/t19-/m0/s1. The zero-order valence-electron chi connectivity index (χ0n) is 20.6. The fraction of sp³-hybridized carbons (Fsp3) is 0.667. The van der Waals surface area contributed by atoms with E-state index >= 15 is 0 Å². The molecule has 1 rings (SSSR count).